The predicted octanol–water partition coefficient (Wildman–Crippen LogP) is 4.25. The fourth-order valence-electron chi connectivity index (χ4n) is 4.70. The normalized spacial score (nSPS) is 13.4. The number of benzene rings is 2. The van der Waals surface area contributed by atoms with Crippen LogP contribution in [-0.4, -0.2) is 55.1 Å². The standard InChI is InChI=1S/C31H32FN5O5/c1-40-29-27(41-19-20-9-14-33-15-10-20)8-6-23-25(12-17-35-28(23)29)42-26-7-5-22(18-24(26)32)37-31(39)30(38)36-16-11-21-4-2-3-13-34-21/h2-8,12-13,17-18,20,33H,9-11,14-16,19H2,1H3,(H,36,38)(H,37,39). The average Bonchev–Trinajstić information content (AvgIpc) is 3.02. The second kappa shape index (κ2) is 13.7. The molecule has 0 unspecified atom stereocenters. The van der Waals surface area contributed by atoms with E-state index < -0.39 is 17.6 Å². The van der Waals surface area contributed by atoms with Gasteiger partial charge in [0.1, 0.15) is 11.3 Å². The Hall–Kier alpha value is -4.77. The molecule has 0 radical (unpaired) electrons. The zero-order valence-corrected chi connectivity index (χ0v) is 23.2. The summed E-state index contributed by atoms with van der Waals surface area (Å²) in [5.41, 5.74) is 1.43. The van der Waals surface area contributed by atoms with E-state index >= 15 is 4.39 Å². The fourth-order valence-corrected chi connectivity index (χ4v) is 4.70. The molecular weight excluding hydrogens is 541 g/mol. The number of methoxy groups -OCH3 is 1. The van der Waals surface area contributed by atoms with Crippen molar-refractivity contribution in [3.8, 4) is 23.0 Å². The van der Waals surface area contributed by atoms with E-state index in [1.54, 1.807) is 43.8 Å². The number of aromatic nitrogens is 2. The number of amides is 2. The molecule has 3 heterocycles. The van der Waals surface area contributed by atoms with Gasteiger partial charge in [-0.25, -0.2) is 4.39 Å². The van der Waals surface area contributed by atoms with Crippen LogP contribution in [0.3, 0.4) is 0 Å². The Morgan fingerprint density at radius 3 is 2.57 bits per heavy atom. The molecule has 218 valence electrons. The number of hydrogen-bond donors (Lipinski definition) is 3. The first kappa shape index (κ1) is 28.7. The first-order chi connectivity index (χ1) is 20.5. The molecule has 0 bridgehead atoms. The van der Waals surface area contributed by atoms with Crippen LogP contribution in [-0.2, 0) is 16.0 Å². The molecule has 42 heavy (non-hydrogen) atoms. The first-order valence-corrected chi connectivity index (χ1v) is 13.8. The van der Waals surface area contributed by atoms with Crippen molar-refractivity contribution in [1.82, 2.24) is 20.6 Å². The van der Waals surface area contributed by atoms with Gasteiger partial charge in [0.05, 0.1) is 13.7 Å². The van der Waals surface area contributed by atoms with E-state index in [0.717, 1.165) is 37.7 Å². The molecule has 2 aromatic heterocycles. The number of piperidine rings is 1. The Bertz CT molecular complexity index is 1550. The number of anilines is 1. The topological polar surface area (TPSA) is 124 Å². The van der Waals surface area contributed by atoms with E-state index in [4.69, 9.17) is 14.2 Å². The van der Waals surface area contributed by atoms with Gasteiger partial charge in [-0.05, 0) is 74.3 Å². The second-order valence-electron chi connectivity index (χ2n) is 9.83. The average molecular weight is 574 g/mol. The third-order valence-corrected chi connectivity index (χ3v) is 6.94. The SMILES string of the molecule is COc1c(OCC2CCNCC2)ccc2c(Oc3ccc(NC(=O)C(=O)NCCc4ccccn4)cc3F)ccnc12. The van der Waals surface area contributed by atoms with E-state index in [1.807, 2.05) is 12.1 Å². The highest BCUT2D eigenvalue weighted by Gasteiger charge is 2.19. The molecule has 0 saturated carbocycles. The third kappa shape index (κ3) is 7.10. The van der Waals surface area contributed by atoms with Crippen molar-refractivity contribution >= 4 is 28.4 Å². The van der Waals surface area contributed by atoms with Crippen molar-refractivity contribution in [1.29, 1.82) is 0 Å². The lowest BCUT2D eigenvalue weighted by atomic mass is 9.99. The van der Waals surface area contributed by atoms with E-state index in [2.05, 4.69) is 25.9 Å². The van der Waals surface area contributed by atoms with Crippen LogP contribution in [0.5, 0.6) is 23.0 Å². The summed E-state index contributed by atoms with van der Waals surface area (Å²) in [6.07, 6.45) is 5.79. The lowest BCUT2D eigenvalue weighted by Gasteiger charge is -2.23. The summed E-state index contributed by atoms with van der Waals surface area (Å²) in [7, 11) is 1.55. The monoisotopic (exact) mass is 573 g/mol. The van der Waals surface area contributed by atoms with E-state index in [-0.39, 0.29) is 18.0 Å². The van der Waals surface area contributed by atoms with Gasteiger partial charge in [-0.2, -0.15) is 0 Å². The van der Waals surface area contributed by atoms with Gasteiger partial charge < -0.3 is 30.2 Å². The zero-order valence-electron chi connectivity index (χ0n) is 23.2. The lowest BCUT2D eigenvalue weighted by molar-refractivity contribution is -0.136. The minimum Gasteiger partial charge on any atom is -0.491 e. The first-order valence-electron chi connectivity index (χ1n) is 13.8. The molecule has 1 aliphatic rings. The molecule has 0 atom stereocenters. The summed E-state index contributed by atoms with van der Waals surface area (Å²) in [5.74, 6) is -0.628. The van der Waals surface area contributed by atoms with Gasteiger partial charge in [0.2, 0.25) is 0 Å². The van der Waals surface area contributed by atoms with Crippen molar-refractivity contribution < 1.29 is 28.2 Å². The zero-order chi connectivity index (χ0) is 29.3. The second-order valence-corrected chi connectivity index (χ2v) is 9.83. The number of ether oxygens (including phenoxy) is 3. The number of nitrogens with one attached hydrogen (secondary N) is 3. The Morgan fingerprint density at radius 2 is 1.81 bits per heavy atom. The Balaban J connectivity index is 1.22. The van der Waals surface area contributed by atoms with E-state index in [9.17, 15) is 9.59 Å². The molecule has 2 aromatic carbocycles. The van der Waals surface area contributed by atoms with Gasteiger partial charge in [0.25, 0.3) is 0 Å². The van der Waals surface area contributed by atoms with Crippen LogP contribution in [0, 0.1) is 11.7 Å². The molecule has 3 N–H and O–H groups in total. The van der Waals surface area contributed by atoms with Crippen LogP contribution in [0.2, 0.25) is 0 Å². The van der Waals surface area contributed by atoms with Crippen molar-refractivity contribution in [2.45, 2.75) is 19.3 Å². The van der Waals surface area contributed by atoms with Gasteiger partial charge in [0.15, 0.2) is 23.1 Å². The van der Waals surface area contributed by atoms with Gasteiger partial charge in [0, 0.05) is 48.2 Å². The van der Waals surface area contributed by atoms with Crippen LogP contribution >= 0.6 is 0 Å². The molecule has 10 nitrogen and oxygen atoms in total. The van der Waals surface area contributed by atoms with Gasteiger partial charge in [-0.1, -0.05) is 6.07 Å². The summed E-state index contributed by atoms with van der Waals surface area (Å²) in [6.45, 7) is 2.79. The molecule has 1 saturated heterocycles. The number of pyridine rings is 2. The van der Waals surface area contributed by atoms with E-state index in [0.29, 0.717) is 47.1 Å². The minimum absolute atomic E-state index is 0.0643. The molecule has 11 heteroatoms. The predicted molar refractivity (Wildman–Crippen MR) is 155 cm³/mol. The summed E-state index contributed by atoms with van der Waals surface area (Å²) >= 11 is 0. The molecule has 0 aliphatic carbocycles. The maximum absolute atomic E-state index is 15.0. The number of hydrogen-bond acceptors (Lipinski definition) is 8. The van der Waals surface area contributed by atoms with Gasteiger partial charge >= 0.3 is 11.8 Å². The number of nitrogens with zero attached hydrogens (tertiary/aromatic N) is 2. The number of halogens is 1. The summed E-state index contributed by atoms with van der Waals surface area (Å²) in [6, 6.07) is 14.6. The Kier molecular flexibility index (Phi) is 9.40. The van der Waals surface area contributed by atoms with E-state index in [1.165, 1.54) is 12.1 Å². The van der Waals surface area contributed by atoms with Crippen LogP contribution in [0.1, 0.15) is 18.5 Å². The maximum atomic E-state index is 15.0. The molecular formula is C31H32FN5O5. The van der Waals surface area contributed by atoms with Crippen LogP contribution in [0.4, 0.5) is 10.1 Å². The minimum atomic E-state index is -0.908. The van der Waals surface area contributed by atoms with Crippen molar-refractivity contribution in [3.63, 3.8) is 0 Å². The van der Waals surface area contributed by atoms with Crippen molar-refractivity contribution in [3.05, 3.63) is 78.5 Å². The van der Waals surface area contributed by atoms with Gasteiger partial charge in [-0.15, -0.1) is 0 Å². The summed E-state index contributed by atoms with van der Waals surface area (Å²) in [5, 5.41) is 8.89. The Morgan fingerprint density at radius 1 is 0.976 bits per heavy atom. The largest absolute Gasteiger partial charge is 0.491 e. The summed E-state index contributed by atoms with van der Waals surface area (Å²) < 4.78 is 32.7. The Labute approximate surface area is 242 Å². The molecule has 1 fully saturated rings. The number of carbonyl (C=O) groups is 2. The van der Waals surface area contributed by atoms with Crippen molar-refractivity contribution in [2.24, 2.45) is 5.92 Å². The highest BCUT2D eigenvalue weighted by Crippen LogP contribution is 2.40. The summed E-state index contributed by atoms with van der Waals surface area (Å²) in [4.78, 5) is 33.1. The highest BCUT2D eigenvalue weighted by atomic mass is 19.1. The smallest absolute Gasteiger partial charge is 0.313 e. The van der Waals surface area contributed by atoms with Gasteiger partial charge in [-0.3, -0.25) is 19.6 Å². The fraction of sp³-hybridized carbons (Fsp3) is 0.290. The van der Waals surface area contributed by atoms with Crippen LogP contribution in [0.15, 0.2) is 67.0 Å². The van der Waals surface area contributed by atoms with Crippen LogP contribution in [0.25, 0.3) is 10.9 Å². The lowest BCUT2D eigenvalue weighted by Crippen LogP contribution is -2.36. The van der Waals surface area contributed by atoms with Crippen LogP contribution < -0.4 is 30.2 Å². The molecule has 4 aromatic rings. The third-order valence-electron chi connectivity index (χ3n) is 6.94. The number of fused-ring (bicyclic) bond motifs is 1. The van der Waals surface area contributed by atoms with Crippen molar-refractivity contribution in [2.75, 3.05) is 38.7 Å². The number of carbonyl (C=O) groups excluding carboxylic acids is 2. The molecule has 2 amide bonds. The molecule has 0 spiro atoms. The molecule has 1 aliphatic heterocycles. The molecule has 5 rings (SSSR count). The highest BCUT2D eigenvalue weighted by molar-refractivity contribution is 6.39. The maximum Gasteiger partial charge on any atom is 0.313 e. The quantitative estimate of drug-likeness (QED) is 0.241. The number of rotatable bonds is 10.